The van der Waals surface area contributed by atoms with E-state index < -0.39 is 0 Å². The Morgan fingerprint density at radius 1 is 1.37 bits per heavy atom. The van der Waals surface area contributed by atoms with Crippen molar-refractivity contribution < 1.29 is 9.21 Å². The van der Waals surface area contributed by atoms with Crippen molar-refractivity contribution in [3.8, 4) is 0 Å². The number of benzene rings is 1. The van der Waals surface area contributed by atoms with Crippen molar-refractivity contribution in [1.82, 2.24) is 10.6 Å². The first kappa shape index (κ1) is 14.1. The summed E-state index contributed by atoms with van der Waals surface area (Å²) in [5.41, 5.74) is 0.883. The van der Waals surface area contributed by atoms with Crippen LogP contribution >= 0.6 is 15.9 Å². The van der Waals surface area contributed by atoms with Crippen molar-refractivity contribution in [2.75, 3.05) is 13.1 Å². The molecule has 1 aromatic carbocycles. The summed E-state index contributed by atoms with van der Waals surface area (Å²) >= 11 is 3.45. The molecule has 1 amide bonds. The van der Waals surface area contributed by atoms with Crippen molar-refractivity contribution in [2.24, 2.45) is 0 Å². The average Bonchev–Trinajstić information content (AvgIpc) is 2.77. The lowest BCUT2D eigenvalue weighted by Gasteiger charge is -2.11. The second kappa shape index (κ2) is 6.21. The Morgan fingerprint density at radius 3 is 2.89 bits per heavy atom. The zero-order valence-electron chi connectivity index (χ0n) is 11.0. The fraction of sp³-hybridized carbons (Fsp3) is 0.357. The van der Waals surface area contributed by atoms with E-state index in [1.165, 1.54) is 6.92 Å². The van der Waals surface area contributed by atoms with Gasteiger partial charge in [-0.3, -0.25) is 4.79 Å². The molecule has 1 aromatic heterocycles. The molecule has 0 bridgehead atoms. The van der Waals surface area contributed by atoms with Crippen molar-refractivity contribution in [1.29, 1.82) is 0 Å². The molecule has 1 unspecified atom stereocenters. The fourth-order valence-electron chi connectivity index (χ4n) is 1.88. The van der Waals surface area contributed by atoms with Gasteiger partial charge < -0.3 is 15.1 Å². The van der Waals surface area contributed by atoms with Gasteiger partial charge >= 0.3 is 0 Å². The zero-order valence-corrected chi connectivity index (χ0v) is 12.6. The summed E-state index contributed by atoms with van der Waals surface area (Å²) in [5, 5.41) is 7.14. The first-order valence-electron chi connectivity index (χ1n) is 6.23. The van der Waals surface area contributed by atoms with Gasteiger partial charge in [-0.1, -0.05) is 15.9 Å². The Labute approximate surface area is 120 Å². The quantitative estimate of drug-likeness (QED) is 0.831. The van der Waals surface area contributed by atoms with Crippen molar-refractivity contribution >= 4 is 32.8 Å². The summed E-state index contributed by atoms with van der Waals surface area (Å²) in [6, 6.07) is 8.10. The third kappa shape index (κ3) is 3.81. The molecule has 0 aliphatic carbocycles. The number of amides is 1. The van der Waals surface area contributed by atoms with E-state index in [9.17, 15) is 4.79 Å². The van der Waals surface area contributed by atoms with Gasteiger partial charge in [0.2, 0.25) is 5.91 Å². The van der Waals surface area contributed by atoms with Gasteiger partial charge in [0.1, 0.15) is 11.3 Å². The Kier molecular flexibility index (Phi) is 4.61. The molecule has 19 heavy (non-hydrogen) atoms. The summed E-state index contributed by atoms with van der Waals surface area (Å²) in [7, 11) is 0. The van der Waals surface area contributed by atoms with Gasteiger partial charge in [-0.2, -0.15) is 0 Å². The third-order valence-electron chi connectivity index (χ3n) is 2.87. The fourth-order valence-corrected chi connectivity index (χ4v) is 2.25. The Bertz CT molecular complexity index is 580. The first-order chi connectivity index (χ1) is 9.06. The molecule has 0 aliphatic rings. The van der Waals surface area contributed by atoms with Crippen LogP contribution < -0.4 is 10.6 Å². The monoisotopic (exact) mass is 324 g/mol. The highest BCUT2D eigenvalue weighted by atomic mass is 79.9. The molecule has 4 nitrogen and oxygen atoms in total. The number of rotatable bonds is 5. The van der Waals surface area contributed by atoms with Crippen molar-refractivity contribution in [2.45, 2.75) is 19.9 Å². The predicted molar refractivity (Wildman–Crippen MR) is 79.0 cm³/mol. The van der Waals surface area contributed by atoms with E-state index in [4.69, 9.17) is 4.42 Å². The Balaban J connectivity index is 1.97. The number of hydrogen-bond acceptors (Lipinski definition) is 3. The summed E-state index contributed by atoms with van der Waals surface area (Å²) in [6.45, 7) is 4.88. The standard InChI is InChI=1S/C14H17BrN2O2/c1-9(16-5-6-17-10(2)18)14-8-11-7-12(15)3-4-13(11)19-14/h3-4,7-9,16H,5-6H2,1-2H3,(H,17,18). The van der Waals surface area contributed by atoms with Crippen LogP contribution in [-0.4, -0.2) is 19.0 Å². The Morgan fingerprint density at radius 2 is 2.16 bits per heavy atom. The van der Waals surface area contributed by atoms with Gasteiger partial charge in [0.25, 0.3) is 0 Å². The number of carbonyl (C=O) groups excluding carboxylic acids is 1. The number of hydrogen-bond donors (Lipinski definition) is 2. The molecule has 0 saturated carbocycles. The van der Waals surface area contributed by atoms with E-state index >= 15 is 0 Å². The molecule has 2 N–H and O–H groups in total. The van der Waals surface area contributed by atoms with Gasteiger partial charge in [-0.25, -0.2) is 0 Å². The number of fused-ring (bicyclic) bond motifs is 1. The summed E-state index contributed by atoms with van der Waals surface area (Å²) < 4.78 is 6.83. The molecule has 102 valence electrons. The van der Waals surface area contributed by atoms with E-state index in [2.05, 4.69) is 26.6 Å². The maximum atomic E-state index is 10.7. The van der Waals surface area contributed by atoms with Crippen LogP contribution in [0.1, 0.15) is 25.6 Å². The van der Waals surface area contributed by atoms with Crippen LogP contribution in [0.4, 0.5) is 0 Å². The third-order valence-corrected chi connectivity index (χ3v) is 3.37. The number of furan rings is 1. The molecule has 0 fully saturated rings. The molecule has 0 spiro atoms. The molecule has 5 heteroatoms. The highest BCUT2D eigenvalue weighted by Crippen LogP contribution is 2.26. The lowest BCUT2D eigenvalue weighted by Crippen LogP contribution is -2.31. The van der Waals surface area contributed by atoms with E-state index in [0.717, 1.165) is 21.2 Å². The van der Waals surface area contributed by atoms with E-state index in [1.807, 2.05) is 31.2 Å². The molecule has 0 radical (unpaired) electrons. The molecule has 1 atom stereocenters. The van der Waals surface area contributed by atoms with Crippen molar-refractivity contribution in [3.63, 3.8) is 0 Å². The van der Waals surface area contributed by atoms with Crippen LogP contribution in [0.2, 0.25) is 0 Å². The van der Waals surface area contributed by atoms with Crippen molar-refractivity contribution in [3.05, 3.63) is 34.5 Å². The lowest BCUT2D eigenvalue weighted by atomic mass is 10.2. The number of carbonyl (C=O) groups is 1. The van der Waals surface area contributed by atoms with Gasteiger partial charge in [0.05, 0.1) is 6.04 Å². The molecule has 0 saturated heterocycles. The van der Waals surface area contributed by atoms with Gasteiger partial charge in [-0.05, 0) is 31.2 Å². The van der Waals surface area contributed by atoms with Gasteiger partial charge in [0, 0.05) is 29.9 Å². The second-order valence-electron chi connectivity index (χ2n) is 4.49. The highest BCUT2D eigenvalue weighted by Gasteiger charge is 2.11. The van der Waals surface area contributed by atoms with Gasteiger partial charge in [0.15, 0.2) is 0 Å². The smallest absolute Gasteiger partial charge is 0.216 e. The molecular formula is C14H17BrN2O2. The molecule has 2 aromatic rings. The minimum absolute atomic E-state index is 0.0111. The SMILES string of the molecule is CC(=O)NCCNC(C)c1cc2cc(Br)ccc2o1. The summed E-state index contributed by atoms with van der Waals surface area (Å²) in [4.78, 5) is 10.7. The highest BCUT2D eigenvalue weighted by molar-refractivity contribution is 9.10. The zero-order chi connectivity index (χ0) is 13.8. The van der Waals surface area contributed by atoms with Crippen LogP contribution in [0.15, 0.2) is 33.2 Å². The summed E-state index contributed by atoms with van der Waals surface area (Å²) in [6.07, 6.45) is 0. The maximum Gasteiger partial charge on any atom is 0.216 e. The van der Waals surface area contributed by atoms with Crippen LogP contribution in [0, 0.1) is 0 Å². The van der Waals surface area contributed by atoms with E-state index in [1.54, 1.807) is 0 Å². The molecule has 1 heterocycles. The maximum absolute atomic E-state index is 10.7. The Hall–Kier alpha value is -1.33. The molecule has 0 aliphatic heterocycles. The average molecular weight is 325 g/mol. The van der Waals surface area contributed by atoms with Crippen LogP contribution in [0.5, 0.6) is 0 Å². The number of halogens is 1. The molecular weight excluding hydrogens is 308 g/mol. The topological polar surface area (TPSA) is 54.3 Å². The van der Waals surface area contributed by atoms with E-state index in [0.29, 0.717) is 13.1 Å². The lowest BCUT2D eigenvalue weighted by molar-refractivity contribution is -0.118. The first-order valence-corrected chi connectivity index (χ1v) is 7.02. The number of nitrogens with one attached hydrogen (secondary N) is 2. The second-order valence-corrected chi connectivity index (χ2v) is 5.41. The van der Waals surface area contributed by atoms with Crippen LogP contribution in [0.3, 0.4) is 0 Å². The largest absolute Gasteiger partial charge is 0.459 e. The minimum Gasteiger partial charge on any atom is -0.459 e. The predicted octanol–water partition coefficient (Wildman–Crippen LogP) is 2.98. The molecule has 2 rings (SSSR count). The normalized spacial score (nSPS) is 12.6. The van der Waals surface area contributed by atoms with Crippen LogP contribution in [-0.2, 0) is 4.79 Å². The van der Waals surface area contributed by atoms with E-state index in [-0.39, 0.29) is 11.9 Å². The summed E-state index contributed by atoms with van der Waals surface area (Å²) in [5.74, 6) is 0.888. The van der Waals surface area contributed by atoms with Crippen LogP contribution in [0.25, 0.3) is 11.0 Å². The van der Waals surface area contributed by atoms with Gasteiger partial charge in [-0.15, -0.1) is 0 Å². The minimum atomic E-state index is -0.0111.